The highest BCUT2D eigenvalue weighted by molar-refractivity contribution is 7.09. The molecule has 1 N–H and O–H groups in total. The van der Waals surface area contributed by atoms with Gasteiger partial charge >= 0.3 is 0 Å². The van der Waals surface area contributed by atoms with Gasteiger partial charge in [0.25, 0.3) is 0 Å². The zero-order valence-corrected chi connectivity index (χ0v) is 16.3. The molecule has 0 aliphatic carbocycles. The van der Waals surface area contributed by atoms with Gasteiger partial charge in [0.1, 0.15) is 12.4 Å². The lowest BCUT2D eigenvalue weighted by Gasteiger charge is -2.22. The Bertz CT molecular complexity index is 682. The van der Waals surface area contributed by atoms with Gasteiger partial charge in [-0.1, -0.05) is 12.1 Å². The first-order valence-electron chi connectivity index (χ1n) is 8.77. The van der Waals surface area contributed by atoms with Gasteiger partial charge in [-0.3, -0.25) is 4.90 Å². The van der Waals surface area contributed by atoms with E-state index in [9.17, 15) is 0 Å². The first-order valence-corrected chi connectivity index (χ1v) is 9.65. The highest BCUT2D eigenvalue weighted by Gasteiger charge is 2.39. The van der Waals surface area contributed by atoms with Crippen molar-refractivity contribution in [3.63, 3.8) is 0 Å². The van der Waals surface area contributed by atoms with Crippen LogP contribution in [0.3, 0.4) is 0 Å². The second-order valence-corrected chi connectivity index (χ2v) is 8.24. The third-order valence-corrected chi connectivity index (χ3v) is 6.05. The molecule has 3 heterocycles. The summed E-state index contributed by atoms with van der Waals surface area (Å²) in [5, 5.41) is 6.68. The summed E-state index contributed by atoms with van der Waals surface area (Å²) in [5.74, 6) is 0.919. The van der Waals surface area contributed by atoms with Crippen molar-refractivity contribution in [2.24, 2.45) is 5.41 Å². The standard InChI is InChI=1S/C19H25N3OS.ClH/c1-15-21-17(12-24-15)11-23-18-4-2-16(3-5-18)10-22-9-7-19(14-22)6-8-20-13-19;/h2-5,12,20H,6-11,13-14H2,1H3;1H. The minimum atomic E-state index is 0. The van der Waals surface area contributed by atoms with Crippen LogP contribution in [-0.2, 0) is 13.2 Å². The molecule has 6 heteroatoms. The first-order chi connectivity index (χ1) is 11.7. The molecule has 1 unspecified atom stereocenters. The number of rotatable bonds is 5. The van der Waals surface area contributed by atoms with Crippen molar-refractivity contribution < 1.29 is 4.74 Å². The molecular weight excluding hydrogens is 354 g/mol. The average Bonchev–Trinajstić information content (AvgIpc) is 3.31. The fourth-order valence-corrected chi connectivity index (χ4v) is 4.48. The minimum Gasteiger partial charge on any atom is -0.487 e. The predicted octanol–water partition coefficient (Wildman–Crippen LogP) is 3.64. The summed E-state index contributed by atoms with van der Waals surface area (Å²) >= 11 is 1.67. The van der Waals surface area contributed by atoms with Crippen LogP contribution in [0.15, 0.2) is 29.6 Å². The molecule has 2 aliphatic heterocycles. The Morgan fingerprint density at radius 1 is 1.28 bits per heavy atom. The van der Waals surface area contributed by atoms with Crippen LogP contribution in [0.5, 0.6) is 5.75 Å². The van der Waals surface area contributed by atoms with Crippen molar-refractivity contribution in [3.05, 3.63) is 45.9 Å². The van der Waals surface area contributed by atoms with Gasteiger partial charge in [-0.05, 0) is 56.0 Å². The molecule has 4 rings (SSSR count). The van der Waals surface area contributed by atoms with Crippen molar-refractivity contribution >= 4 is 23.7 Å². The molecule has 1 spiro atoms. The number of halogens is 1. The monoisotopic (exact) mass is 379 g/mol. The lowest BCUT2D eigenvalue weighted by molar-refractivity contribution is 0.268. The molecule has 0 bridgehead atoms. The summed E-state index contributed by atoms with van der Waals surface area (Å²) < 4.78 is 5.83. The van der Waals surface area contributed by atoms with Crippen LogP contribution in [-0.4, -0.2) is 36.1 Å². The van der Waals surface area contributed by atoms with Crippen LogP contribution in [0.25, 0.3) is 0 Å². The molecule has 2 aliphatic rings. The van der Waals surface area contributed by atoms with E-state index in [0.29, 0.717) is 12.0 Å². The van der Waals surface area contributed by atoms with Gasteiger partial charge in [0.15, 0.2) is 0 Å². The van der Waals surface area contributed by atoms with Gasteiger partial charge in [0.05, 0.1) is 10.7 Å². The summed E-state index contributed by atoms with van der Waals surface area (Å²) in [6.45, 7) is 8.47. The second kappa shape index (κ2) is 8.04. The normalized spacial score (nSPS) is 23.1. The molecular formula is C19H26ClN3OS. The van der Waals surface area contributed by atoms with Crippen molar-refractivity contribution in [2.75, 3.05) is 26.2 Å². The summed E-state index contributed by atoms with van der Waals surface area (Å²) in [5.41, 5.74) is 2.93. The molecule has 25 heavy (non-hydrogen) atoms. The van der Waals surface area contributed by atoms with Crippen LogP contribution in [0, 0.1) is 12.3 Å². The number of nitrogens with one attached hydrogen (secondary N) is 1. The van der Waals surface area contributed by atoms with Crippen LogP contribution in [0.1, 0.15) is 29.1 Å². The number of aryl methyl sites for hydroxylation is 1. The van der Waals surface area contributed by atoms with Crippen molar-refractivity contribution in [3.8, 4) is 5.75 Å². The van der Waals surface area contributed by atoms with Gasteiger partial charge in [0.2, 0.25) is 0 Å². The van der Waals surface area contributed by atoms with E-state index in [2.05, 4.69) is 44.8 Å². The maximum absolute atomic E-state index is 5.83. The molecule has 4 nitrogen and oxygen atoms in total. The first kappa shape index (κ1) is 18.6. The highest BCUT2D eigenvalue weighted by atomic mass is 35.5. The van der Waals surface area contributed by atoms with E-state index in [4.69, 9.17) is 4.74 Å². The summed E-state index contributed by atoms with van der Waals surface area (Å²) in [6, 6.07) is 8.55. The number of aromatic nitrogens is 1. The summed E-state index contributed by atoms with van der Waals surface area (Å²) in [7, 11) is 0. The molecule has 1 atom stereocenters. The molecule has 0 radical (unpaired) electrons. The van der Waals surface area contributed by atoms with E-state index in [-0.39, 0.29) is 12.4 Å². The Morgan fingerprint density at radius 2 is 2.12 bits per heavy atom. The maximum Gasteiger partial charge on any atom is 0.131 e. The molecule has 0 saturated carbocycles. The topological polar surface area (TPSA) is 37.4 Å². The fraction of sp³-hybridized carbons (Fsp3) is 0.526. The van der Waals surface area contributed by atoms with Crippen molar-refractivity contribution in [1.29, 1.82) is 0 Å². The molecule has 136 valence electrons. The maximum atomic E-state index is 5.83. The van der Waals surface area contributed by atoms with Gasteiger partial charge in [-0.2, -0.15) is 0 Å². The average molecular weight is 380 g/mol. The number of nitrogens with zero attached hydrogens (tertiary/aromatic N) is 2. The number of ether oxygens (including phenoxy) is 1. The van der Waals surface area contributed by atoms with E-state index in [0.717, 1.165) is 23.0 Å². The molecule has 0 amide bonds. The lowest BCUT2D eigenvalue weighted by Crippen LogP contribution is -2.28. The third-order valence-electron chi connectivity index (χ3n) is 5.23. The Balaban J connectivity index is 0.00000182. The Labute approximate surface area is 160 Å². The Kier molecular flexibility index (Phi) is 6.00. The summed E-state index contributed by atoms with van der Waals surface area (Å²) in [6.07, 6.45) is 2.68. The molecule has 2 aromatic rings. The van der Waals surface area contributed by atoms with Crippen LogP contribution < -0.4 is 10.1 Å². The number of likely N-dealkylation sites (tertiary alicyclic amines) is 1. The predicted molar refractivity (Wildman–Crippen MR) is 105 cm³/mol. The number of thiazole rings is 1. The van der Waals surface area contributed by atoms with E-state index in [1.54, 1.807) is 11.3 Å². The number of benzene rings is 1. The van der Waals surface area contributed by atoms with E-state index >= 15 is 0 Å². The van der Waals surface area contributed by atoms with E-state index in [1.807, 2.05) is 6.92 Å². The van der Waals surface area contributed by atoms with Crippen molar-refractivity contribution in [2.45, 2.75) is 32.9 Å². The number of hydrogen-bond donors (Lipinski definition) is 1. The van der Waals surface area contributed by atoms with Gasteiger partial charge < -0.3 is 10.1 Å². The lowest BCUT2D eigenvalue weighted by atomic mass is 9.86. The summed E-state index contributed by atoms with van der Waals surface area (Å²) in [4.78, 5) is 7.03. The fourth-order valence-electron chi connectivity index (χ4n) is 3.89. The zero-order valence-electron chi connectivity index (χ0n) is 14.7. The third kappa shape index (κ3) is 4.53. The zero-order chi connectivity index (χ0) is 16.4. The second-order valence-electron chi connectivity index (χ2n) is 7.18. The Hall–Kier alpha value is -1.14. The van der Waals surface area contributed by atoms with Crippen LogP contribution in [0.4, 0.5) is 0 Å². The highest BCUT2D eigenvalue weighted by Crippen LogP contribution is 2.36. The molecule has 1 aromatic heterocycles. The molecule has 1 aromatic carbocycles. The molecule has 2 fully saturated rings. The quantitative estimate of drug-likeness (QED) is 0.860. The number of hydrogen-bond acceptors (Lipinski definition) is 5. The largest absolute Gasteiger partial charge is 0.487 e. The molecule has 2 saturated heterocycles. The van der Waals surface area contributed by atoms with Crippen molar-refractivity contribution in [1.82, 2.24) is 15.2 Å². The van der Waals surface area contributed by atoms with Crippen LogP contribution in [0.2, 0.25) is 0 Å². The van der Waals surface area contributed by atoms with Crippen LogP contribution >= 0.6 is 23.7 Å². The van der Waals surface area contributed by atoms with E-state index < -0.39 is 0 Å². The van der Waals surface area contributed by atoms with Gasteiger partial charge in [0, 0.05) is 25.0 Å². The minimum absolute atomic E-state index is 0. The van der Waals surface area contributed by atoms with E-state index in [1.165, 1.54) is 44.6 Å². The smallest absolute Gasteiger partial charge is 0.131 e. The van der Waals surface area contributed by atoms with Gasteiger partial charge in [-0.25, -0.2) is 4.98 Å². The Morgan fingerprint density at radius 3 is 2.80 bits per heavy atom. The van der Waals surface area contributed by atoms with Gasteiger partial charge in [-0.15, -0.1) is 23.7 Å². The SMILES string of the molecule is Cc1nc(COc2ccc(CN3CCC4(CCNC4)C3)cc2)cs1.Cl.